The number of hydrogen-bond donors (Lipinski definition) is 1. The van der Waals surface area contributed by atoms with E-state index in [-0.39, 0.29) is 0 Å². The number of aromatic nitrogens is 2. The molecular weight excluding hydrogens is 204 g/mol. The maximum absolute atomic E-state index is 5.40. The first-order valence-electron chi connectivity index (χ1n) is 6.09. The number of likely N-dealkylation sites (tertiary alicyclic amines) is 1. The second-order valence-electron chi connectivity index (χ2n) is 4.82. The van der Waals surface area contributed by atoms with E-state index in [2.05, 4.69) is 27.4 Å². The van der Waals surface area contributed by atoms with Gasteiger partial charge in [-0.1, -0.05) is 5.16 Å². The molecule has 3 rings (SSSR count). The highest BCUT2D eigenvalue weighted by Gasteiger charge is 2.29. The minimum Gasteiger partial charge on any atom is -0.338 e. The van der Waals surface area contributed by atoms with Crippen LogP contribution in [0.4, 0.5) is 0 Å². The van der Waals surface area contributed by atoms with E-state index >= 15 is 0 Å². The van der Waals surface area contributed by atoms with Crippen LogP contribution in [-0.4, -0.2) is 41.7 Å². The first-order valence-corrected chi connectivity index (χ1v) is 6.09. The van der Waals surface area contributed by atoms with Crippen LogP contribution in [0.15, 0.2) is 4.52 Å². The summed E-state index contributed by atoms with van der Waals surface area (Å²) in [5.41, 5.74) is 0. The van der Waals surface area contributed by atoms with Crippen LogP contribution in [-0.2, 0) is 0 Å². The molecule has 0 saturated carbocycles. The van der Waals surface area contributed by atoms with Crippen LogP contribution in [0.3, 0.4) is 0 Å². The molecule has 2 aliphatic heterocycles. The normalized spacial score (nSPS) is 31.3. The van der Waals surface area contributed by atoms with Gasteiger partial charge in [0.2, 0.25) is 5.89 Å². The summed E-state index contributed by atoms with van der Waals surface area (Å²) in [7, 11) is 2.12. The van der Waals surface area contributed by atoms with Crippen LogP contribution in [0.1, 0.15) is 42.9 Å². The summed E-state index contributed by atoms with van der Waals surface area (Å²) in [4.78, 5) is 6.86. The van der Waals surface area contributed by atoms with Crippen LogP contribution < -0.4 is 5.32 Å². The van der Waals surface area contributed by atoms with Crippen molar-refractivity contribution >= 4 is 0 Å². The van der Waals surface area contributed by atoms with Gasteiger partial charge >= 0.3 is 0 Å². The zero-order valence-electron chi connectivity index (χ0n) is 9.65. The van der Waals surface area contributed by atoms with E-state index in [0.29, 0.717) is 12.0 Å². The average molecular weight is 222 g/mol. The van der Waals surface area contributed by atoms with Crippen molar-refractivity contribution in [1.82, 2.24) is 20.4 Å². The molecule has 0 spiro atoms. The lowest BCUT2D eigenvalue weighted by atomic mass is 10.1. The van der Waals surface area contributed by atoms with Gasteiger partial charge < -0.3 is 9.84 Å². The fraction of sp³-hybridized carbons (Fsp3) is 0.818. The SMILES string of the molecule is CN1CCCC1c1nc(C2CCNC2)no1. The second-order valence-corrected chi connectivity index (χ2v) is 4.82. The Balaban J connectivity index is 1.76. The maximum atomic E-state index is 5.40. The lowest BCUT2D eigenvalue weighted by Gasteiger charge is -2.14. The molecule has 5 nitrogen and oxygen atoms in total. The molecule has 16 heavy (non-hydrogen) atoms. The Kier molecular flexibility index (Phi) is 2.65. The van der Waals surface area contributed by atoms with Crippen LogP contribution in [0.2, 0.25) is 0 Å². The quantitative estimate of drug-likeness (QED) is 0.806. The summed E-state index contributed by atoms with van der Waals surface area (Å²) in [6.07, 6.45) is 3.49. The highest BCUT2D eigenvalue weighted by molar-refractivity contribution is 5.02. The van der Waals surface area contributed by atoms with Crippen molar-refractivity contribution in [2.45, 2.75) is 31.2 Å². The van der Waals surface area contributed by atoms with E-state index in [0.717, 1.165) is 44.2 Å². The van der Waals surface area contributed by atoms with E-state index in [1.165, 1.54) is 6.42 Å². The zero-order chi connectivity index (χ0) is 11.0. The first kappa shape index (κ1) is 10.2. The largest absolute Gasteiger partial charge is 0.338 e. The Hall–Kier alpha value is -0.940. The molecule has 0 bridgehead atoms. The van der Waals surface area contributed by atoms with Crippen LogP contribution in [0, 0.1) is 0 Å². The molecule has 2 fully saturated rings. The van der Waals surface area contributed by atoms with Gasteiger partial charge in [0.1, 0.15) is 0 Å². The molecule has 88 valence electrons. The molecule has 1 N–H and O–H groups in total. The molecule has 2 saturated heterocycles. The van der Waals surface area contributed by atoms with Crippen LogP contribution in [0.25, 0.3) is 0 Å². The molecule has 0 amide bonds. The smallest absolute Gasteiger partial charge is 0.243 e. The molecule has 1 aromatic heterocycles. The highest BCUT2D eigenvalue weighted by Crippen LogP contribution is 2.30. The summed E-state index contributed by atoms with van der Waals surface area (Å²) in [5, 5.41) is 7.45. The summed E-state index contributed by atoms with van der Waals surface area (Å²) in [5.74, 6) is 2.14. The Morgan fingerprint density at radius 3 is 3.06 bits per heavy atom. The first-order chi connectivity index (χ1) is 7.84. The van der Waals surface area contributed by atoms with Crippen molar-refractivity contribution in [3.8, 4) is 0 Å². The third-order valence-electron chi connectivity index (χ3n) is 3.69. The van der Waals surface area contributed by atoms with E-state index in [9.17, 15) is 0 Å². The fourth-order valence-electron chi connectivity index (χ4n) is 2.65. The van der Waals surface area contributed by atoms with Gasteiger partial charge in [0.15, 0.2) is 5.82 Å². The molecule has 0 aliphatic carbocycles. The topological polar surface area (TPSA) is 54.2 Å². The van der Waals surface area contributed by atoms with Crippen LogP contribution in [0.5, 0.6) is 0 Å². The Labute approximate surface area is 95.2 Å². The summed E-state index contributed by atoms with van der Waals surface area (Å²) in [6.45, 7) is 3.19. The number of hydrogen-bond acceptors (Lipinski definition) is 5. The second kappa shape index (κ2) is 4.14. The monoisotopic (exact) mass is 222 g/mol. The number of rotatable bonds is 2. The third-order valence-corrected chi connectivity index (χ3v) is 3.69. The van der Waals surface area contributed by atoms with E-state index < -0.39 is 0 Å². The maximum Gasteiger partial charge on any atom is 0.243 e. The standard InChI is InChI=1S/C11H18N4O/c1-15-6-2-3-9(15)11-13-10(14-16-11)8-4-5-12-7-8/h8-9,12H,2-7H2,1H3. The average Bonchev–Trinajstić information content (AvgIpc) is 2.96. The summed E-state index contributed by atoms with van der Waals surface area (Å²) in [6, 6.07) is 0.343. The van der Waals surface area contributed by atoms with Gasteiger partial charge in [-0.25, -0.2) is 0 Å². The van der Waals surface area contributed by atoms with Crippen molar-refractivity contribution in [2.75, 3.05) is 26.7 Å². The van der Waals surface area contributed by atoms with Gasteiger partial charge in [0.05, 0.1) is 6.04 Å². The predicted molar refractivity (Wildman–Crippen MR) is 59.1 cm³/mol. The molecule has 0 radical (unpaired) electrons. The third kappa shape index (κ3) is 1.74. The van der Waals surface area contributed by atoms with Crippen molar-refractivity contribution < 1.29 is 4.52 Å². The number of nitrogens with one attached hydrogen (secondary N) is 1. The van der Waals surface area contributed by atoms with Crippen molar-refractivity contribution in [3.05, 3.63) is 11.7 Å². The molecule has 2 aliphatic rings. The van der Waals surface area contributed by atoms with E-state index in [4.69, 9.17) is 4.52 Å². The molecule has 2 unspecified atom stereocenters. The van der Waals surface area contributed by atoms with Gasteiger partial charge in [0, 0.05) is 12.5 Å². The van der Waals surface area contributed by atoms with Crippen molar-refractivity contribution in [2.24, 2.45) is 0 Å². The van der Waals surface area contributed by atoms with Gasteiger partial charge in [-0.15, -0.1) is 0 Å². The van der Waals surface area contributed by atoms with Gasteiger partial charge in [-0.2, -0.15) is 4.98 Å². The van der Waals surface area contributed by atoms with Crippen molar-refractivity contribution in [1.29, 1.82) is 0 Å². The molecule has 3 heterocycles. The van der Waals surface area contributed by atoms with Gasteiger partial charge in [0.25, 0.3) is 0 Å². The Morgan fingerprint density at radius 1 is 1.44 bits per heavy atom. The Bertz CT molecular complexity index is 359. The van der Waals surface area contributed by atoms with Gasteiger partial charge in [-0.3, -0.25) is 4.90 Å². The van der Waals surface area contributed by atoms with E-state index in [1.54, 1.807) is 0 Å². The minimum absolute atomic E-state index is 0.343. The Morgan fingerprint density at radius 2 is 2.38 bits per heavy atom. The predicted octanol–water partition coefficient (Wildman–Crippen LogP) is 0.913. The minimum atomic E-state index is 0.343. The molecule has 2 atom stereocenters. The summed E-state index contributed by atoms with van der Waals surface area (Å²) < 4.78 is 5.40. The van der Waals surface area contributed by atoms with Crippen molar-refractivity contribution in [3.63, 3.8) is 0 Å². The number of nitrogens with zero attached hydrogens (tertiary/aromatic N) is 3. The highest BCUT2D eigenvalue weighted by atomic mass is 16.5. The molecule has 5 heteroatoms. The van der Waals surface area contributed by atoms with E-state index in [1.807, 2.05) is 0 Å². The molecule has 0 aromatic carbocycles. The van der Waals surface area contributed by atoms with Crippen LogP contribution >= 0.6 is 0 Å². The lowest BCUT2D eigenvalue weighted by Crippen LogP contribution is -2.17. The summed E-state index contributed by atoms with van der Waals surface area (Å²) >= 11 is 0. The van der Waals surface area contributed by atoms with Gasteiger partial charge in [-0.05, 0) is 39.4 Å². The molecular formula is C11H18N4O. The lowest BCUT2D eigenvalue weighted by molar-refractivity contribution is 0.244. The molecule has 1 aromatic rings. The fourth-order valence-corrected chi connectivity index (χ4v) is 2.65. The zero-order valence-corrected chi connectivity index (χ0v) is 9.65.